The van der Waals surface area contributed by atoms with Gasteiger partial charge in [-0.05, 0) is 32.1 Å². The first-order valence-electron chi connectivity index (χ1n) is 15.0. The first kappa shape index (κ1) is 35.1. The number of unbranched alkanes of at least 4 members (excludes halogenated alkanes) is 15. The second-order valence-corrected chi connectivity index (χ2v) is 10.7. The molecular formula is C30H56NO6+. The molecule has 0 rings (SSSR count). The SMILES string of the molecule is CCCCCCCCCCCCCCC/C=C/CCCC[N+](CCC(=O)O)(CCC(=O)O)CCC(=O)O. The van der Waals surface area contributed by atoms with Gasteiger partial charge in [-0.2, -0.15) is 0 Å². The number of rotatable bonds is 28. The Morgan fingerprint density at radius 2 is 0.811 bits per heavy atom. The molecule has 0 bridgehead atoms. The van der Waals surface area contributed by atoms with Gasteiger partial charge in [0.2, 0.25) is 0 Å². The number of nitrogens with zero attached hydrogens (tertiary/aromatic N) is 1. The molecule has 0 saturated carbocycles. The second-order valence-electron chi connectivity index (χ2n) is 10.7. The van der Waals surface area contributed by atoms with Crippen molar-refractivity contribution in [3.63, 3.8) is 0 Å². The molecule has 0 aliphatic carbocycles. The topological polar surface area (TPSA) is 112 Å². The molecule has 7 nitrogen and oxygen atoms in total. The van der Waals surface area contributed by atoms with Gasteiger partial charge >= 0.3 is 17.9 Å². The summed E-state index contributed by atoms with van der Waals surface area (Å²) in [6.07, 6.45) is 25.7. The van der Waals surface area contributed by atoms with E-state index in [9.17, 15) is 14.4 Å². The van der Waals surface area contributed by atoms with E-state index in [1.807, 2.05) is 0 Å². The summed E-state index contributed by atoms with van der Waals surface area (Å²) in [6, 6.07) is 0. The van der Waals surface area contributed by atoms with E-state index in [0.717, 1.165) is 25.7 Å². The Labute approximate surface area is 225 Å². The van der Waals surface area contributed by atoms with Crippen LogP contribution in [0.1, 0.15) is 135 Å². The van der Waals surface area contributed by atoms with Crippen LogP contribution in [0, 0.1) is 0 Å². The molecule has 0 aromatic heterocycles. The van der Waals surface area contributed by atoms with Gasteiger partial charge in [0.15, 0.2) is 0 Å². The van der Waals surface area contributed by atoms with E-state index in [4.69, 9.17) is 15.3 Å². The molecule has 0 radical (unpaired) electrons. The van der Waals surface area contributed by atoms with E-state index in [0.29, 0.717) is 6.54 Å². The Bertz CT molecular complexity index is 574. The van der Waals surface area contributed by atoms with Crippen LogP contribution in [0.4, 0.5) is 0 Å². The zero-order valence-corrected chi connectivity index (χ0v) is 23.6. The minimum Gasteiger partial charge on any atom is -0.481 e. The molecule has 0 saturated heterocycles. The van der Waals surface area contributed by atoms with Gasteiger partial charge in [-0.25, -0.2) is 0 Å². The highest BCUT2D eigenvalue weighted by Gasteiger charge is 2.29. The number of carboxylic acid groups (broad SMARTS) is 3. The quantitative estimate of drug-likeness (QED) is 0.0555. The van der Waals surface area contributed by atoms with Gasteiger partial charge in [-0.15, -0.1) is 0 Å². The minimum atomic E-state index is -0.941. The molecule has 0 atom stereocenters. The Balaban J connectivity index is 4.00. The Morgan fingerprint density at radius 3 is 1.16 bits per heavy atom. The van der Waals surface area contributed by atoms with Crippen LogP contribution in [0.2, 0.25) is 0 Å². The summed E-state index contributed by atoms with van der Waals surface area (Å²) < 4.78 is 0.244. The standard InChI is InChI=1S/C30H55NO6/c1-2-3-4-5-6-7-8-9-10-11-12-13-14-15-16-17-18-19-20-24-31(25-21-28(32)33,26-22-29(34)35)27-23-30(36)37/h16-17H,2-15,18-27H2,1H3,(H2-,32,33,34,35,36,37)/p+1/b17-16+. The second kappa shape index (κ2) is 24.4. The molecule has 0 heterocycles. The molecule has 7 heteroatoms. The number of aliphatic carboxylic acids is 3. The molecule has 0 unspecified atom stereocenters. The number of carboxylic acids is 3. The van der Waals surface area contributed by atoms with Crippen LogP contribution in [0.5, 0.6) is 0 Å². The lowest BCUT2D eigenvalue weighted by molar-refractivity contribution is -0.927. The van der Waals surface area contributed by atoms with Crippen molar-refractivity contribution < 1.29 is 34.2 Å². The van der Waals surface area contributed by atoms with E-state index in [2.05, 4.69) is 19.1 Å². The third-order valence-electron chi connectivity index (χ3n) is 7.29. The predicted octanol–water partition coefficient (Wildman–Crippen LogP) is 7.44. The maximum absolute atomic E-state index is 11.1. The fourth-order valence-electron chi connectivity index (χ4n) is 4.89. The van der Waals surface area contributed by atoms with Crippen molar-refractivity contribution in [2.45, 2.75) is 135 Å². The lowest BCUT2D eigenvalue weighted by Gasteiger charge is -2.38. The van der Waals surface area contributed by atoms with Crippen LogP contribution < -0.4 is 0 Å². The maximum Gasteiger partial charge on any atom is 0.309 e. The van der Waals surface area contributed by atoms with Gasteiger partial charge in [0.25, 0.3) is 0 Å². The summed E-state index contributed by atoms with van der Waals surface area (Å²) in [5.74, 6) is -2.82. The van der Waals surface area contributed by atoms with E-state index in [1.165, 1.54) is 83.5 Å². The monoisotopic (exact) mass is 526 g/mol. The third kappa shape index (κ3) is 24.2. The molecule has 216 valence electrons. The van der Waals surface area contributed by atoms with Crippen molar-refractivity contribution in [2.75, 3.05) is 26.2 Å². The fourth-order valence-corrected chi connectivity index (χ4v) is 4.89. The van der Waals surface area contributed by atoms with E-state index >= 15 is 0 Å². The van der Waals surface area contributed by atoms with Crippen LogP contribution in [-0.4, -0.2) is 63.9 Å². The van der Waals surface area contributed by atoms with E-state index in [1.54, 1.807) is 0 Å². The Kier molecular flexibility index (Phi) is 23.2. The smallest absolute Gasteiger partial charge is 0.309 e. The van der Waals surface area contributed by atoms with Gasteiger partial charge in [-0.1, -0.05) is 96.1 Å². The van der Waals surface area contributed by atoms with Gasteiger partial charge in [0.05, 0.1) is 45.4 Å². The number of carbonyl (C=O) groups is 3. The fraction of sp³-hybridized carbons (Fsp3) is 0.833. The molecule has 37 heavy (non-hydrogen) atoms. The molecule has 0 aliphatic rings. The van der Waals surface area contributed by atoms with Crippen molar-refractivity contribution in [1.29, 1.82) is 0 Å². The van der Waals surface area contributed by atoms with E-state index in [-0.39, 0.29) is 43.4 Å². The maximum atomic E-state index is 11.1. The van der Waals surface area contributed by atoms with Crippen LogP contribution in [0.3, 0.4) is 0 Å². The summed E-state index contributed by atoms with van der Waals surface area (Å²) in [5, 5.41) is 27.3. The Hall–Kier alpha value is -1.89. The predicted molar refractivity (Wildman–Crippen MR) is 150 cm³/mol. The number of quaternary nitrogens is 1. The summed E-state index contributed by atoms with van der Waals surface area (Å²) in [6.45, 7) is 3.68. The summed E-state index contributed by atoms with van der Waals surface area (Å²) in [4.78, 5) is 33.4. The van der Waals surface area contributed by atoms with Gasteiger partial charge in [-0.3, -0.25) is 14.4 Å². The van der Waals surface area contributed by atoms with Gasteiger partial charge in [0, 0.05) is 0 Å². The van der Waals surface area contributed by atoms with Crippen molar-refractivity contribution in [3.8, 4) is 0 Å². The zero-order chi connectivity index (χ0) is 27.6. The molecular weight excluding hydrogens is 470 g/mol. The van der Waals surface area contributed by atoms with Crippen molar-refractivity contribution >= 4 is 17.9 Å². The summed E-state index contributed by atoms with van der Waals surface area (Å²) in [7, 11) is 0. The molecule has 0 aromatic carbocycles. The molecule has 0 fully saturated rings. The first-order valence-corrected chi connectivity index (χ1v) is 15.0. The average molecular weight is 527 g/mol. The molecule has 0 aliphatic heterocycles. The van der Waals surface area contributed by atoms with Crippen molar-refractivity contribution in [1.82, 2.24) is 0 Å². The van der Waals surface area contributed by atoms with Crippen molar-refractivity contribution in [3.05, 3.63) is 12.2 Å². The van der Waals surface area contributed by atoms with Gasteiger partial charge < -0.3 is 19.8 Å². The Morgan fingerprint density at radius 1 is 0.486 bits per heavy atom. The third-order valence-corrected chi connectivity index (χ3v) is 7.29. The van der Waals surface area contributed by atoms with Crippen molar-refractivity contribution in [2.24, 2.45) is 0 Å². The first-order chi connectivity index (χ1) is 17.8. The molecule has 0 aromatic rings. The van der Waals surface area contributed by atoms with Gasteiger partial charge in [0.1, 0.15) is 0 Å². The zero-order valence-electron chi connectivity index (χ0n) is 23.6. The van der Waals surface area contributed by atoms with Crippen LogP contribution in [0.15, 0.2) is 12.2 Å². The number of hydrogen-bond acceptors (Lipinski definition) is 3. The van der Waals surface area contributed by atoms with Crippen LogP contribution in [-0.2, 0) is 14.4 Å². The highest BCUT2D eigenvalue weighted by Crippen LogP contribution is 2.16. The lowest BCUT2D eigenvalue weighted by atomic mass is 10.0. The lowest BCUT2D eigenvalue weighted by Crippen LogP contribution is -2.52. The number of allylic oxidation sites excluding steroid dienone is 2. The van der Waals surface area contributed by atoms with E-state index < -0.39 is 17.9 Å². The largest absolute Gasteiger partial charge is 0.481 e. The number of hydrogen-bond donors (Lipinski definition) is 3. The summed E-state index contributed by atoms with van der Waals surface area (Å²) in [5.41, 5.74) is 0. The molecule has 0 spiro atoms. The normalized spacial score (nSPS) is 11.8. The molecule has 3 N–H and O–H groups in total. The highest BCUT2D eigenvalue weighted by molar-refractivity contribution is 5.67. The van der Waals surface area contributed by atoms with Crippen LogP contribution >= 0.6 is 0 Å². The molecule has 0 amide bonds. The summed E-state index contributed by atoms with van der Waals surface area (Å²) >= 11 is 0. The van der Waals surface area contributed by atoms with Crippen LogP contribution in [0.25, 0.3) is 0 Å². The average Bonchev–Trinajstić information content (AvgIpc) is 2.85. The highest BCUT2D eigenvalue weighted by atomic mass is 16.4. The minimum absolute atomic E-state index is 0.0851.